The number of rotatable bonds is 3. The number of carbonyl (C=O) groups is 1. The molecule has 0 amide bonds. The summed E-state index contributed by atoms with van der Waals surface area (Å²) in [7, 11) is 1.51. The van der Waals surface area contributed by atoms with Gasteiger partial charge in [-0.1, -0.05) is 0 Å². The number of aromatic nitrogens is 1. The van der Waals surface area contributed by atoms with Crippen molar-refractivity contribution in [3.05, 3.63) is 24.0 Å². The van der Waals surface area contributed by atoms with Crippen molar-refractivity contribution in [2.24, 2.45) is 0 Å². The summed E-state index contributed by atoms with van der Waals surface area (Å²) in [5.41, 5.74) is 0.265. The Labute approximate surface area is 75.8 Å². The van der Waals surface area contributed by atoms with Crippen molar-refractivity contribution in [3.63, 3.8) is 0 Å². The van der Waals surface area contributed by atoms with E-state index in [0.717, 1.165) is 0 Å². The van der Waals surface area contributed by atoms with Crippen molar-refractivity contribution < 1.29 is 9.53 Å². The van der Waals surface area contributed by atoms with Crippen LogP contribution in [0.1, 0.15) is 16.9 Å². The first kappa shape index (κ1) is 9.20. The number of Topliss-reactive ketones (excluding diaryl/α,β-unsaturated/α-hetero) is 1. The van der Waals surface area contributed by atoms with Gasteiger partial charge in [-0.25, -0.2) is 0 Å². The smallest absolute Gasteiger partial charge is 0.195 e. The van der Waals surface area contributed by atoms with Crippen LogP contribution in [-0.2, 0) is 0 Å². The maximum absolute atomic E-state index is 11.2. The minimum absolute atomic E-state index is 0.153. The highest BCUT2D eigenvalue weighted by Crippen LogP contribution is 2.10. The van der Waals surface area contributed by atoms with Crippen molar-refractivity contribution in [2.75, 3.05) is 7.11 Å². The van der Waals surface area contributed by atoms with Crippen LogP contribution in [0.15, 0.2) is 18.3 Å². The molecule has 0 aliphatic carbocycles. The van der Waals surface area contributed by atoms with Gasteiger partial charge >= 0.3 is 0 Å². The lowest BCUT2D eigenvalue weighted by Crippen LogP contribution is -2.00. The number of nitrogens with zero attached hydrogens (tertiary/aromatic N) is 2. The Morgan fingerprint density at radius 3 is 3.15 bits per heavy atom. The molecule has 4 nitrogen and oxygen atoms in total. The summed E-state index contributed by atoms with van der Waals surface area (Å²) in [5.74, 6) is 0.276. The topological polar surface area (TPSA) is 63.0 Å². The fourth-order valence-corrected chi connectivity index (χ4v) is 0.853. The van der Waals surface area contributed by atoms with Crippen molar-refractivity contribution in [1.29, 1.82) is 5.26 Å². The molecule has 1 aromatic rings. The van der Waals surface area contributed by atoms with E-state index < -0.39 is 0 Å². The first-order valence-corrected chi connectivity index (χ1v) is 3.68. The summed E-state index contributed by atoms with van der Waals surface area (Å²) in [4.78, 5) is 15.0. The van der Waals surface area contributed by atoms with E-state index in [-0.39, 0.29) is 17.9 Å². The molecule has 1 aromatic heterocycles. The molecular formula is C9H8N2O2. The predicted octanol–water partition coefficient (Wildman–Crippen LogP) is 1.19. The van der Waals surface area contributed by atoms with Gasteiger partial charge in [0, 0.05) is 12.3 Å². The van der Waals surface area contributed by atoms with E-state index in [9.17, 15) is 4.79 Å². The number of carbonyl (C=O) groups excluding carboxylic acids is 1. The maximum atomic E-state index is 11.2. The molecule has 0 bridgehead atoms. The molecular weight excluding hydrogens is 168 g/mol. The summed E-state index contributed by atoms with van der Waals surface area (Å²) in [5, 5.41) is 8.29. The molecule has 1 rings (SSSR count). The number of methoxy groups -OCH3 is 1. The molecule has 0 unspecified atom stereocenters. The molecule has 0 aliphatic rings. The van der Waals surface area contributed by atoms with Crippen LogP contribution in [0, 0.1) is 11.3 Å². The van der Waals surface area contributed by atoms with Crippen molar-refractivity contribution in [3.8, 4) is 11.8 Å². The molecule has 0 radical (unpaired) electrons. The van der Waals surface area contributed by atoms with Crippen LogP contribution in [0.25, 0.3) is 0 Å². The molecule has 0 N–H and O–H groups in total. The summed E-state index contributed by atoms with van der Waals surface area (Å²) >= 11 is 0. The van der Waals surface area contributed by atoms with E-state index >= 15 is 0 Å². The third-order valence-electron chi connectivity index (χ3n) is 1.49. The first-order valence-electron chi connectivity index (χ1n) is 3.68. The van der Waals surface area contributed by atoms with E-state index in [4.69, 9.17) is 10.00 Å². The minimum Gasteiger partial charge on any atom is -0.497 e. The number of nitriles is 1. The van der Waals surface area contributed by atoms with E-state index in [2.05, 4.69) is 4.98 Å². The van der Waals surface area contributed by atoms with Gasteiger partial charge in [0.1, 0.15) is 17.9 Å². The Bertz CT molecular complexity index is 355. The molecule has 4 heteroatoms. The number of ether oxygens (including phenoxy) is 1. The standard InChI is InChI=1S/C9H8N2O2/c1-13-7-3-5-11-8(6-7)9(12)2-4-10/h3,5-6H,2H2,1H3. The molecule has 1 heterocycles. The molecule has 13 heavy (non-hydrogen) atoms. The second kappa shape index (κ2) is 4.21. The van der Waals surface area contributed by atoms with E-state index in [0.29, 0.717) is 5.75 Å². The SMILES string of the molecule is COc1ccnc(C(=O)CC#N)c1. The quantitative estimate of drug-likeness (QED) is 0.649. The third kappa shape index (κ3) is 2.27. The second-order valence-corrected chi connectivity index (χ2v) is 2.34. The van der Waals surface area contributed by atoms with Gasteiger partial charge in [0.15, 0.2) is 5.78 Å². The van der Waals surface area contributed by atoms with Gasteiger partial charge in [-0.3, -0.25) is 9.78 Å². The zero-order chi connectivity index (χ0) is 9.68. The minimum atomic E-state index is -0.290. The molecule has 66 valence electrons. The zero-order valence-corrected chi connectivity index (χ0v) is 7.15. The number of pyridine rings is 1. The molecule has 0 saturated heterocycles. The van der Waals surface area contributed by atoms with Crippen molar-refractivity contribution >= 4 is 5.78 Å². The van der Waals surface area contributed by atoms with E-state index in [1.54, 1.807) is 12.1 Å². The lowest BCUT2D eigenvalue weighted by Gasteiger charge is -1.99. The van der Waals surface area contributed by atoms with Crippen LogP contribution < -0.4 is 4.74 Å². The highest BCUT2D eigenvalue weighted by molar-refractivity contribution is 5.95. The predicted molar refractivity (Wildman–Crippen MR) is 45.3 cm³/mol. The highest BCUT2D eigenvalue weighted by atomic mass is 16.5. The fraction of sp³-hybridized carbons (Fsp3) is 0.222. The zero-order valence-electron chi connectivity index (χ0n) is 7.15. The molecule has 0 aliphatic heterocycles. The van der Waals surface area contributed by atoms with E-state index in [1.165, 1.54) is 19.4 Å². The van der Waals surface area contributed by atoms with Gasteiger partial charge in [-0.15, -0.1) is 0 Å². The van der Waals surface area contributed by atoms with Gasteiger partial charge in [0.05, 0.1) is 13.2 Å². The Morgan fingerprint density at radius 1 is 1.77 bits per heavy atom. The van der Waals surface area contributed by atoms with Crippen molar-refractivity contribution in [2.45, 2.75) is 6.42 Å². The normalized spacial score (nSPS) is 8.92. The van der Waals surface area contributed by atoms with Crippen molar-refractivity contribution in [1.82, 2.24) is 4.98 Å². The molecule has 0 spiro atoms. The van der Waals surface area contributed by atoms with Crippen LogP contribution in [0.3, 0.4) is 0 Å². The second-order valence-electron chi connectivity index (χ2n) is 2.34. The molecule has 0 aromatic carbocycles. The summed E-state index contributed by atoms with van der Waals surface area (Å²) in [6.07, 6.45) is 1.32. The van der Waals surface area contributed by atoms with Crippen LogP contribution >= 0.6 is 0 Å². The third-order valence-corrected chi connectivity index (χ3v) is 1.49. The first-order chi connectivity index (χ1) is 6.27. The fourth-order valence-electron chi connectivity index (χ4n) is 0.853. The van der Waals surface area contributed by atoms with Gasteiger partial charge in [0.25, 0.3) is 0 Å². The number of ketones is 1. The van der Waals surface area contributed by atoms with Gasteiger partial charge in [-0.05, 0) is 6.07 Å². The molecule has 0 fully saturated rings. The highest BCUT2D eigenvalue weighted by Gasteiger charge is 2.06. The summed E-state index contributed by atoms with van der Waals surface area (Å²) in [6.45, 7) is 0. The Balaban J connectivity index is 2.89. The Kier molecular flexibility index (Phi) is 2.98. The lowest BCUT2D eigenvalue weighted by molar-refractivity contribution is 0.0992. The van der Waals surface area contributed by atoms with Crippen LogP contribution in [0.2, 0.25) is 0 Å². The van der Waals surface area contributed by atoms with E-state index in [1.807, 2.05) is 0 Å². The molecule has 0 atom stereocenters. The largest absolute Gasteiger partial charge is 0.497 e. The maximum Gasteiger partial charge on any atom is 0.195 e. The van der Waals surface area contributed by atoms with Crippen LogP contribution in [0.4, 0.5) is 0 Å². The number of hydrogen-bond acceptors (Lipinski definition) is 4. The summed E-state index contributed by atoms with van der Waals surface area (Å²) in [6, 6.07) is 4.93. The van der Waals surface area contributed by atoms with Gasteiger partial charge in [0.2, 0.25) is 0 Å². The average molecular weight is 176 g/mol. The van der Waals surface area contributed by atoms with Gasteiger partial charge in [-0.2, -0.15) is 5.26 Å². The van der Waals surface area contributed by atoms with Crippen LogP contribution in [0.5, 0.6) is 5.75 Å². The monoisotopic (exact) mass is 176 g/mol. The number of hydrogen-bond donors (Lipinski definition) is 0. The Hall–Kier alpha value is -1.89. The average Bonchev–Trinajstić information content (AvgIpc) is 2.18. The van der Waals surface area contributed by atoms with Crippen LogP contribution in [-0.4, -0.2) is 17.9 Å². The molecule has 0 saturated carbocycles. The Morgan fingerprint density at radius 2 is 2.54 bits per heavy atom. The summed E-state index contributed by atoms with van der Waals surface area (Å²) < 4.78 is 4.91. The van der Waals surface area contributed by atoms with Gasteiger partial charge < -0.3 is 4.74 Å². The lowest BCUT2D eigenvalue weighted by atomic mass is 10.2.